The van der Waals surface area contributed by atoms with Crippen molar-refractivity contribution in [3.05, 3.63) is 41.5 Å². The van der Waals surface area contributed by atoms with Gasteiger partial charge in [-0.1, -0.05) is 30.7 Å². The number of hydrogen-bond donors (Lipinski definition) is 4. The van der Waals surface area contributed by atoms with Gasteiger partial charge in [-0.05, 0) is 61.2 Å². The summed E-state index contributed by atoms with van der Waals surface area (Å²) in [6.07, 6.45) is 4.68. The number of hydrogen-bond acceptors (Lipinski definition) is 8. The van der Waals surface area contributed by atoms with E-state index in [0.717, 1.165) is 32.1 Å². The Balaban J connectivity index is 2.01. The van der Waals surface area contributed by atoms with E-state index in [9.17, 15) is 18.0 Å². The topological polar surface area (TPSA) is 177 Å². The molecule has 0 aliphatic carbocycles. The summed E-state index contributed by atoms with van der Waals surface area (Å²) in [6.45, 7) is 2.04. The highest BCUT2D eigenvalue weighted by molar-refractivity contribution is 7.89. The normalized spacial score (nSPS) is 20.4. The minimum absolute atomic E-state index is 0.0516. The second-order valence-corrected chi connectivity index (χ2v) is 10.8. The number of carbonyl (C=O) groups is 2. The summed E-state index contributed by atoms with van der Waals surface area (Å²) >= 11 is 0. The van der Waals surface area contributed by atoms with E-state index >= 15 is 0 Å². The number of piperidine rings is 1. The molecule has 2 aliphatic rings. The van der Waals surface area contributed by atoms with Crippen LogP contribution in [0, 0.1) is 5.41 Å². The van der Waals surface area contributed by atoms with Gasteiger partial charge < -0.3 is 11.5 Å². The average molecular weight is 501 g/mol. The number of rotatable bonds is 8. The number of Topliss-reactive ketones (excluding diaryl/α,β-unsaturated/α-hetero) is 1. The minimum atomic E-state index is -4.43. The fourth-order valence-electron chi connectivity index (χ4n) is 5.40. The van der Waals surface area contributed by atoms with Crippen molar-refractivity contribution in [3.8, 4) is 0 Å². The number of aldehydes is 1. The van der Waals surface area contributed by atoms with Gasteiger partial charge in [0.05, 0.1) is 10.9 Å². The maximum absolute atomic E-state index is 14.2. The average Bonchev–Trinajstić information content (AvgIpc) is 3.37. The molecule has 0 radical (unpaired) electrons. The molecule has 10 nitrogen and oxygen atoms in total. The number of nitrogens with zero attached hydrogens (tertiary/aromatic N) is 2. The lowest BCUT2D eigenvalue weighted by atomic mass is 9.88. The molecule has 188 valence electrons. The first-order chi connectivity index (χ1) is 16.6. The van der Waals surface area contributed by atoms with Gasteiger partial charge in [-0.3, -0.25) is 24.8 Å². The number of nitrogen functional groups attached to an aromatic ring is 1. The number of amidine groups is 1. The Labute approximate surface area is 205 Å². The van der Waals surface area contributed by atoms with Crippen LogP contribution in [0.15, 0.2) is 35.2 Å². The molecule has 2 atom stereocenters. The third kappa shape index (κ3) is 4.62. The van der Waals surface area contributed by atoms with E-state index in [4.69, 9.17) is 22.0 Å². The molecule has 0 bridgehead atoms. The van der Waals surface area contributed by atoms with Crippen LogP contribution in [0.25, 0.3) is 10.8 Å². The number of nitrogens with two attached hydrogens (primary N) is 3. The lowest BCUT2D eigenvalue weighted by Gasteiger charge is -2.41. The Morgan fingerprint density at radius 2 is 1.66 bits per heavy atom. The first kappa shape index (κ1) is 25.4. The largest absolute Gasteiger partial charge is 0.384 e. The number of benzene rings is 2. The molecule has 2 aromatic rings. The molecule has 0 spiro atoms. The quantitative estimate of drug-likeness (QED) is 0.178. The Kier molecular flexibility index (Phi) is 7.07. The zero-order valence-electron chi connectivity index (χ0n) is 19.6. The fourth-order valence-corrected chi connectivity index (χ4v) is 6.41. The summed E-state index contributed by atoms with van der Waals surface area (Å²) < 4.78 is 25.9. The summed E-state index contributed by atoms with van der Waals surface area (Å²) in [4.78, 5) is 29.8. The predicted octanol–water partition coefficient (Wildman–Crippen LogP) is 0.817. The van der Waals surface area contributed by atoms with Crippen molar-refractivity contribution >= 4 is 38.7 Å². The van der Waals surface area contributed by atoms with Crippen molar-refractivity contribution in [1.82, 2.24) is 9.80 Å². The molecular weight excluding hydrogens is 468 g/mol. The maximum Gasteiger partial charge on any atom is 0.239 e. The summed E-state index contributed by atoms with van der Waals surface area (Å²) in [5.41, 5.74) is 10.5. The van der Waals surface area contributed by atoms with Gasteiger partial charge in [0.15, 0.2) is 17.7 Å². The van der Waals surface area contributed by atoms with E-state index in [1.54, 1.807) is 35.2 Å². The van der Waals surface area contributed by atoms with Crippen molar-refractivity contribution in [1.29, 1.82) is 5.41 Å². The first-order valence-electron chi connectivity index (χ1n) is 11.8. The number of fused-ring (bicyclic) bond motifs is 1. The molecule has 0 aromatic heterocycles. The van der Waals surface area contributed by atoms with Crippen molar-refractivity contribution < 1.29 is 18.0 Å². The van der Waals surface area contributed by atoms with Gasteiger partial charge in [-0.25, -0.2) is 13.6 Å². The van der Waals surface area contributed by atoms with E-state index in [2.05, 4.69) is 0 Å². The molecular formula is C24H32N6O4S. The summed E-state index contributed by atoms with van der Waals surface area (Å²) in [5.74, 6) is -1.09. The molecule has 0 saturated carbocycles. The zero-order valence-corrected chi connectivity index (χ0v) is 20.4. The highest BCUT2D eigenvalue weighted by atomic mass is 32.2. The molecule has 2 aromatic carbocycles. The van der Waals surface area contributed by atoms with Gasteiger partial charge in [0.2, 0.25) is 10.0 Å². The number of primary sulfonamides is 1. The van der Waals surface area contributed by atoms with Crippen LogP contribution < -0.4 is 16.6 Å². The second kappa shape index (κ2) is 9.75. The van der Waals surface area contributed by atoms with Crippen LogP contribution in [-0.4, -0.2) is 68.0 Å². The molecule has 11 heteroatoms. The predicted molar refractivity (Wildman–Crippen MR) is 133 cm³/mol. The molecule has 2 fully saturated rings. The molecule has 7 N–H and O–H groups in total. The van der Waals surface area contributed by atoms with E-state index in [1.807, 2.05) is 4.90 Å². The highest BCUT2D eigenvalue weighted by Crippen LogP contribution is 2.38. The molecule has 2 saturated heterocycles. The van der Waals surface area contributed by atoms with Gasteiger partial charge >= 0.3 is 0 Å². The standard InChI is InChI=1S/C24H32N6O4S/c25-23(26)19-17-9-3-2-8-16(17)14-18(21(19)35(28,33)34)20(29-10-6-7-11-29)22(32)24(27,15-31)30-12-4-1-5-13-30/h2-3,8-9,14-15,20H,1,4-7,10-13,27H2,(H3,25,26)(H2,28,33,34). The number of ketones is 1. The summed E-state index contributed by atoms with van der Waals surface area (Å²) in [7, 11) is -4.43. The van der Waals surface area contributed by atoms with Gasteiger partial charge in [-0.2, -0.15) is 0 Å². The number of nitrogens with one attached hydrogen (secondary N) is 1. The van der Waals surface area contributed by atoms with E-state index < -0.39 is 33.3 Å². The van der Waals surface area contributed by atoms with Crippen LogP contribution in [0.4, 0.5) is 0 Å². The van der Waals surface area contributed by atoms with E-state index in [1.165, 1.54) is 0 Å². The summed E-state index contributed by atoms with van der Waals surface area (Å²) in [5, 5.41) is 14.9. The van der Waals surface area contributed by atoms with Crippen LogP contribution >= 0.6 is 0 Å². The third-order valence-electron chi connectivity index (χ3n) is 7.09. The van der Waals surface area contributed by atoms with Crippen LogP contribution in [0.2, 0.25) is 0 Å². The lowest BCUT2D eigenvalue weighted by molar-refractivity contribution is -0.142. The first-order valence-corrected chi connectivity index (χ1v) is 13.4. The Morgan fingerprint density at radius 3 is 2.23 bits per heavy atom. The van der Waals surface area contributed by atoms with Gasteiger partial charge in [0, 0.05) is 18.7 Å². The minimum Gasteiger partial charge on any atom is -0.384 e. The third-order valence-corrected chi connectivity index (χ3v) is 8.10. The van der Waals surface area contributed by atoms with Crippen molar-refractivity contribution in [2.24, 2.45) is 16.6 Å². The number of likely N-dealkylation sites (tertiary alicyclic amines) is 2. The van der Waals surface area contributed by atoms with Gasteiger partial charge in [0.1, 0.15) is 5.84 Å². The van der Waals surface area contributed by atoms with Crippen molar-refractivity contribution in [2.75, 3.05) is 26.2 Å². The highest BCUT2D eigenvalue weighted by Gasteiger charge is 2.48. The Morgan fingerprint density at radius 1 is 1.06 bits per heavy atom. The molecule has 0 amide bonds. The smallest absolute Gasteiger partial charge is 0.239 e. The summed E-state index contributed by atoms with van der Waals surface area (Å²) in [6, 6.07) is 7.34. The monoisotopic (exact) mass is 500 g/mol. The van der Waals surface area contributed by atoms with Crippen molar-refractivity contribution in [2.45, 2.75) is 48.7 Å². The van der Waals surface area contributed by atoms with Crippen LogP contribution in [-0.2, 0) is 19.6 Å². The molecule has 2 unspecified atom stereocenters. The number of sulfonamides is 1. The van der Waals surface area contributed by atoms with E-state index in [0.29, 0.717) is 43.2 Å². The molecule has 4 rings (SSSR count). The zero-order chi connectivity index (χ0) is 25.4. The Hall–Kier alpha value is -2.70. The Bertz CT molecular complexity index is 1270. The molecule has 2 aliphatic heterocycles. The second-order valence-electron chi connectivity index (χ2n) is 9.35. The van der Waals surface area contributed by atoms with E-state index in [-0.39, 0.29) is 16.0 Å². The fraction of sp³-hybridized carbons (Fsp3) is 0.458. The maximum atomic E-state index is 14.2. The molecule has 35 heavy (non-hydrogen) atoms. The van der Waals surface area contributed by atoms with Crippen LogP contribution in [0.5, 0.6) is 0 Å². The number of carbonyl (C=O) groups excluding carboxylic acids is 2. The van der Waals surface area contributed by atoms with Crippen LogP contribution in [0.3, 0.4) is 0 Å². The van der Waals surface area contributed by atoms with Gasteiger partial charge in [-0.15, -0.1) is 0 Å². The van der Waals surface area contributed by atoms with Gasteiger partial charge in [0.25, 0.3) is 0 Å². The SMILES string of the molecule is N=C(N)c1c(S(N)(=O)=O)c(C(C(=O)C(N)(C=O)N2CCCCC2)N2CCCC2)cc2ccccc12. The molecule has 2 heterocycles. The lowest BCUT2D eigenvalue weighted by Crippen LogP contribution is -2.66. The van der Waals surface area contributed by atoms with Crippen LogP contribution in [0.1, 0.15) is 49.3 Å². The van der Waals surface area contributed by atoms with Crippen molar-refractivity contribution in [3.63, 3.8) is 0 Å².